The van der Waals surface area contributed by atoms with Gasteiger partial charge in [-0.15, -0.1) is 0 Å². The zero-order valence-electron chi connectivity index (χ0n) is 19.6. The van der Waals surface area contributed by atoms with Gasteiger partial charge in [0.1, 0.15) is 0 Å². The summed E-state index contributed by atoms with van der Waals surface area (Å²) in [5, 5.41) is 4.81. The first kappa shape index (κ1) is 23.3. The maximum Gasteiger partial charge on any atom is 0.228 e. The Hall–Kier alpha value is -3.46. The van der Waals surface area contributed by atoms with Crippen molar-refractivity contribution < 1.29 is 18.0 Å². The first-order valence-electron chi connectivity index (χ1n) is 11.7. The van der Waals surface area contributed by atoms with Gasteiger partial charge in [-0.05, 0) is 18.6 Å². The van der Waals surface area contributed by atoms with E-state index in [2.05, 4.69) is 0 Å². The summed E-state index contributed by atoms with van der Waals surface area (Å²) in [7, 11) is -1.36. The second-order valence-corrected chi connectivity index (χ2v) is 11.6. The van der Waals surface area contributed by atoms with E-state index < -0.39 is 15.8 Å². The number of hydrogen-bond donors (Lipinski definition) is 0. The predicted molar refractivity (Wildman–Crippen MR) is 132 cm³/mol. The summed E-state index contributed by atoms with van der Waals surface area (Å²) in [5.74, 6) is -0.628. The van der Waals surface area contributed by atoms with Crippen LogP contribution in [0, 0.1) is 5.92 Å². The Morgan fingerprint density at radius 2 is 1.77 bits per heavy atom. The first-order chi connectivity index (χ1) is 16.8. The van der Waals surface area contributed by atoms with Crippen LogP contribution < -0.4 is 0 Å². The fraction of sp³-hybridized carbons (Fsp3) is 0.346. The summed E-state index contributed by atoms with van der Waals surface area (Å²) in [6.07, 6.45) is 2.51. The summed E-state index contributed by atoms with van der Waals surface area (Å²) in [6, 6.07) is 19.3. The van der Waals surface area contributed by atoms with E-state index in [1.54, 1.807) is 16.8 Å². The number of benzene rings is 2. The number of carbonyl (C=O) groups excluding carboxylic acids is 2. The van der Waals surface area contributed by atoms with Gasteiger partial charge >= 0.3 is 0 Å². The van der Waals surface area contributed by atoms with Crippen molar-refractivity contribution in [2.75, 3.05) is 25.1 Å². The monoisotopic (exact) mass is 492 g/mol. The smallest absolute Gasteiger partial charge is 0.228 e. The Kier molecular flexibility index (Phi) is 6.19. The number of likely N-dealkylation sites (tertiary alicyclic amines) is 1. The van der Waals surface area contributed by atoms with Crippen molar-refractivity contribution in [2.45, 2.75) is 25.4 Å². The van der Waals surface area contributed by atoms with E-state index >= 15 is 0 Å². The molecule has 2 fully saturated rings. The van der Waals surface area contributed by atoms with Crippen LogP contribution in [0.15, 0.2) is 66.9 Å². The Morgan fingerprint density at radius 1 is 1.09 bits per heavy atom. The number of sulfone groups is 1. The molecule has 2 saturated heterocycles. The molecule has 2 unspecified atom stereocenters. The molecule has 2 aliphatic heterocycles. The van der Waals surface area contributed by atoms with Crippen LogP contribution in [0.3, 0.4) is 0 Å². The van der Waals surface area contributed by atoms with Crippen molar-refractivity contribution in [3.8, 4) is 16.9 Å². The molecule has 9 heteroatoms. The van der Waals surface area contributed by atoms with E-state index in [0.29, 0.717) is 13.0 Å². The average molecular weight is 493 g/mol. The molecule has 3 heterocycles. The molecule has 5 rings (SSSR count). The first-order valence-corrected chi connectivity index (χ1v) is 13.6. The molecule has 0 aliphatic carbocycles. The fourth-order valence-corrected chi connectivity index (χ4v) is 6.72. The molecule has 182 valence electrons. The Morgan fingerprint density at radius 3 is 2.43 bits per heavy atom. The molecule has 35 heavy (non-hydrogen) atoms. The van der Waals surface area contributed by atoms with Crippen molar-refractivity contribution in [3.05, 3.63) is 72.4 Å². The SMILES string of the molecule is CN(Cc1cn(-c2ccccc2)nc1-c1ccccc1)C(=O)C1CC(=O)N(C2CCS(=O)(=O)C2)C1. The zero-order valence-corrected chi connectivity index (χ0v) is 20.4. The van der Waals surface area contributed by atoms with Gasteiger partial charge in [0, 0.05) is 49.9 Å². The maximum absolute atomic E-state index is 13.3. The summed E-state index contributed by atoms with van der Waals surface area (Å²) in [6.45, 7) is 0.620. The molecule has 2 aliphatic rings. The highest BCUT2D eigenvalue weighted by Crippen LogP contribution is 2.29. The average Bonchev–Trinajstić information content (AvgIpc) is 3.56. The van der Waals surface area contributed by atoms with Gasteiger partial charge in [0.15, 0.2) is 9.84 Å². The number of rotatable bonds is 6. The van der Waals surface area contributed by atoms with Crippen LogP contribution in [0.25, 0.3) is 16.9 Å². The molecule has 0 radical (unpaired) electrons. The highest BCUT2D eigenvalue weighted by Gasteiger charge is 2.42. The number of amides is 2. The number of para-hydroxylation sites is 1. The lowest BCUT2D eigenvalue weighted by Gasteiger charge is -2.24. The Labute approximate surface area is 205 Å². The van der Waals surface area contributed by atoms with Crippen LogP contribution in [0.1, 0.15) is 18.4 Å². The van der Waals surface area contributed by atoms with Gasteiger partial charge in [-0.3, -0.25) is 9.59 Å². The number of nitrogens with zero attached hydrogens (tertiary/aromatic N) is 4. The molecule has 0 N–H and O–H groups in total. The van der Waals surface area contributed by atoms with Gasteiger partial charge in [0.05, 0.1) is 28.8 Å². The minimum Gasteiger partial charge on any atom is -0.341 e. The van der Waals surface area contributed by atoms with Crippen LogP contribution in [0.2, 0.25) is 0 Å². The van der Waals surface area contributed by atoms with Crippen molar-refractivity contribution in [2.24, 2.45) is 5.92 Å². The number of hydrogen-bond acceptors (Lipinski definition) is 5. The lowest BCUT2D eigenvalue weighted by molar-refractivity contribution is -0.135. The van der Waals surface area contributed by atoms with Crippen LogP contribution in [-0.2, 0) is 26.0 Å². The van der Waals surface area contributed by atoms with Crippen molar-refractivity contribution in [1.29, 1.82) is 0 Å². The quantitative estimate of drug-likeness (QED) is 0.527. The fourth-order valence-electron chi connectivity index (χ4n) is 4.99. The van der Waals surface area contributed by atoms with Gasteiger partial charge in [-0.1, -0.05) is 48.5 Å². The van der Waals surface area contributed by atoms with Gasteiger partial charge in [-0.25, -0.2) is 13.1 Å². The number of aromatic nitrogens is 2. The summed E-state index contributed by atoms with van der Waals surface area (Å²) in [4.78, 5) is 29.2. The Balaban J connectivity index is 1.35. The molecule has 0 spiro atoms. The summed E-state index contributed by atoms with van der Waals surface area (Å²) < 4.78 is 25.5. The molecule has 0 saturated carbocycles. The van der Waals surface area contributed by atoms with Crippen LogP contribution in [0.5, 0.6) is 0 Å². The molecule has 1 aromatic heterocycles. The van der Waals surface area contributed by atoms with Gasteiger partial charge < -0.3 is 9.80 Å². The summed E-state index contributed by atoms with van der Waals surface area (Å²) >= 11 is 0. The van der Waals surface area contributed by atoms with Crippen LogP contribution >= 0.6 is 0 Å². The lowest BCUT2D eigenvalue weighted by Crippen LogP contribution is -2.39. The lowest BCUT2D eigenvalue weighted by atomic mass is 10.1. The zero-order chi connectivity index (χ0) is 24.6. The molecule has 0 bridgehead atoms. The second kappa shape index (κ2) is 9.30. The summed E-state index contributed by atoms with van der Waals surface area (Å²) in [5.41, 5.74) is 3.59. The normalized spacial score (nSPS) is 21.4. The van der Waals surface area contributed by atoms with Gasteiger partial charge in [0.25, 0.3) is 0 Å². The second-order valence-electron chi connectivity index (χ2n) is 9.35. The molecule has 2 atom stereocenters. The minimum atomic E-state index is -3.10. The highest BCUT2D eigenvalue weighted by molar-refractivity contribution is 7.91. The molecular weight excluding hydrogens is 464 g/mol. The molecule has 2 amide bonds. The van der Waals surface area contributed by atoms with E-state index in [9.17, 15) is 18.0 Å². The number of carbonyl (C=O) groups is 2. The van der Waals surface area contributed by atoms with E-state index in [1.165, 1.54) is 0 Å². The third-order valence-electron chi connectivity index (χ3n) is 6.80. The van der Waals surface area contributed by atoms with Gasteiger partial charge in [-0.2, -0.15) is 5.10 Å². The van der Waals surface area contributed by atoms with Crippen molar-refractivity contribution >= 4 is 21.7 Å². The predicted octanol–water partition coefficient (Wildman–Crippen LogP) is 2.53. The third kappa shape index (κ3) is 4.86. The highest BCUT2D eigenvalue weighted by atomic mass is 32.2. The van der Waals surface area contributed by atoms with E-state index in [1.807, 2.05) is 71.5 Å². The minimum absolute atomic E-state index is 0.00536. The molecule has 8 nitrogen and oxygen atoms in total. The third-order valence-corrected chi connectivity index (χ3v) is 8.55. The molecule has 2 aromatic carbocycles. The van der Waals surface area contributed by atoms with E-state index in [-0.39, 0.29) is 42.3 Å². The Bertz CT molecular complexity index is 1340. The van der Waals surface area contributed by atoms with E-state index in [0.717, 1.165) is 22.5 Å². The standard InChI is InChI=1S/C26H28N4O4S/c1-28(26(32)20-14-24(31)29(16-20)23-12-13-35(33,34)18-23)15-21-17-30(22-10-6-3-7-11-22)27-25(21)19-8-4-2-5-9-19/h2-11,17,20,23H,12-16,18H2,1H3. The topological polar surface area (TPSA) is 92.6 Å². The van der Waals surface area contributed by atoms with E-state index in [4.69, 9.17) is 5.10 Å². The maximum atomic E-state index is 13.3. The molecule has 3 aromatic rings. The van der Waals surface area contributed by atoms with Gasteiger partial charge in [0.2, 0.25) is 11.8 Å². The molecular formula is C26H28N4O4S. The van der Waals surface area contributed by atoms with Crippen molar-refractivity contribution in [3.63, 3.8) is 0 Å². The largest absolute Gasteiger partial charge is 0.341 e. The van der Waals surface area contributed by atoms with Crippen LogP contribution in [-0.4, -0.2) is 71.0 Å². The van der Waals surface area contributed by atoms with Crippen LogP contribution in [0.4, 0.5) is 0 Å². The van der Waals surface area contributed by atoms with Crippen molar-refractivity contribution in [1.82, 2.24) is 19.6 Å².